The minimum atomic E-state index is -0.667. The van der Waals surface area contributed by atoms with Crippen LogP contribution in [0.4, 0.5) is 0 Å². The Morgan fingerprint density at radius 1 is 1.78 bits per heavy atom. The minimum Gasteiger partial charge on any atom is -0.294 e. The molecular weight excluding hydrogens is 120 g/mol. The SMILES string of the molecule is CCC1(C)OOCC1=O. The highest BCUT2D eigenvalue weighted by Crippen LogP contribution is 2.22. The maximum absolute atomic E-state index is 10.9. The summed E-state index contributed by atoms with van der Waals surface area (Å²) < 4.78 is 0. The van der Waals surface area contributed by atoms with E-state index in [0.29, 0.717) is 6.42 Å². The van der Waals surface area contributed by atoms with E-state index in [1.54, 1.807) is 6.92 Å². The van der Waals surface area contributed by atoms with Crippen molar-refractivity contribution in [2.45, 2.75) is 25.9 Å². The number of hydrogen-bond donors (Lipinski definition) is 0. The summed E-state index contributed by atoms with van der Waals surface area (Å²) >= 11 is 0. The molecule has 0 saturated carbocycles. The van der Waals surface area contributed by atoms with Gasteiger partial charge < -0.3 is 0 Å². The Hall–Kier alpha value is -0.410. The van der Waals surface area contributed by atoms with E-state index in [0.717, 1.165) is 0 Å². The van der Waals surface area contributed by atoms with Crippen LogP contribution in [0.15, 0.2) is 0 Å². The molecule has 1 saturated heterocycles. The third-order valence-electron chi connectivity index (χ3n) is 1.70. The van der Waals surface area contributed by atoms with Gasteiger partial charge in [-0.1, -0.05) is 6.92 Å². The van der Waals surface area contributed by atoms with Crippen LogP contribution in [0.3, 0.4) is 0 Å². The Morgan fingerprint density at radius 3 is 2.67 bits per heavy atom. The Kier molecular flexibility index (Phi) is 1.55. The molecule has 1 heterocycles. The predicted molar refractivity (Wildman–Crippen MR) is 30.7 cm³/mol. The number of carbonyl (C=O) groups is 1. The lowest BCUT2D eigenvalue weighted by Gasteiger charge is -2.14. The van der Waals surface area contributed by atoms with Gasteiger partial charge in [0.25, 0.3) is 0 Å². The number of carbonyl (C=O) groups excluding carboxylic acids is 1. The lowest BCUT2D eigenvalue weighted by atomic mass is 9.99. The number of Topliss-reactive ketones (excluding diaryl/α,β-unsaturated/α-hetero) is 1. The molecule has 1 fully saturated rings. The second kappa shape index (κ2) is 2.08. The summed E-state index contributed by atoms with van der Waals surface area (Å²) in [6.07, 6.45) is 0.672. The predicted octanol–water partition coefficient (Wildman–Crippen LogP) is 0.686. The Morgan fingerprint density at radius 2 is 2.44 bits per heavy atom. The monoisotopic (exact) mass is 130 g/mol. The van der Waals surface area contributed by atoms with E-state index in [2.05, 4.69) is 4.89 Å². The van der Waals surface area contributed by atoms with Crippen molar-refractivity contribution >= 4 is 5.78 Å². The molecular formula is C6H10O3. The van der Waals surface area contributed by atoms with Gasteiger partial charge >= 0.3 is 0 Å². The summed E-state index contributed by atoms with van der Waals surface area (Å²) in [5, 5.41) is 0. The van der Waals surface area contributed by atoms with Gasteiger partial charge in [-0.3, -0.25) is 4.79 Å². The van der Waals surface area contributed by atoms with Crippen LogP contribution in [0, 0.1) is 0 Å². The molecule has 1 aliphatic rings. The molecule has 0 bridgehead atoms. The molecule has 0 aliphatic carbocycles. The fourth-order valence-corrected chi connectivity index (χ4v) is 0.668. The maximum atomic E-state index is 10.9. The van der Waals surface area contributed by atoms with Crippen molar-refractivity contribution in [3.63, 3.8) is 0 Å². The molecule has 9 heavy (non-hydrogen) atoms. The van der Waals surface area contributed by atoms with Gasteiger partial charge in [-0.25, -0.2) is 9.78 Å². The lowest BCUT2D eigenvalue weighted by Crippen LogP contribution is -2.31. The Labute approximate surface area is 53.9 Å². The van der Waals surface area contributed by atoms with Crippen molar-refractivity contribution in [2.75, 3.05) is 6.61 Å². The average Bonchev–Trinajstić information content (AvgIpc) is 2.15. The van der Waals surface area contributed by atoms with Crippen LogP contribution >= 0.6 is 0 Å². The van der Waals surface area contributed by atoms with E-state index >= 15 is 0 Å². The van der Waals surface area contributed by atoms with Crippen LogP contribution < -0.4 is 0 Å². The fraction of sp³-hybridized carbons (Fsp3) is 0.833. The average molecular weight is 130 g/mol. The number of rotatable bonds is 1. The first-order valence-corrected chi connectivity index (χ1v) is 3.03. The highest BCUT2D eigenvalue weighted by Gasteiger charge is 2.39. The van der Waals surface area contributed by atoms with Gasteiger partial charge in [0.05, 0.1) is 0 Å². The zero-order valence-corrected chi connectivity index (χ0v) is 5.64. The van der Waals surface area contributed by atoms with Crippen molar-refractivity contribution in [2.24, 2.45) is 0 Å². The van der Waals surface area contributed by atoms with Crippen LogP contribution in [0.25, 0.3) is 0 Å². The molecule has 1 unspecified atom stereocenters. The van der Waals surface area contributed by atoms with Gasteiger partial charge in [-0.2, -0.15) is 0 Å². The van der Waals surface area contributed by atoms with Gasteiger partial charge in [0, 0.05) is 0 Å². The molecule has 3 nitrogen and oxygen atoms in total. The largest absolute Gasteiger partial charge is 0.294 e. The van der Waals surface area contributed by atoms with Gasteiger partial charge in [0.1, 0.15) is 6.61 Å². The summed E-state index contributed by atoms with van der Waals surface area (Å²) in [4.78, 5) is 20.1. The molecule has 3 heteroatoms. The van der Waals surface area contributed by atoms with E-state index < -0.39 is 5.60 Å². The molecule has 1 atom stereocenters. The topological polar surface area (TPSA) is 35.5 Å². The van der Waals surface area contributed by atoms with Gasteiger partial charge in [0.15, 0.2) is 11.4 Å². The highest BCUT2D eigenvalue weighted by molar-refractivity contribution is 5.88. The van der Waals surface area contributed by atoms with Crippen molar-refractivity contribution in [3.8, 4) is 0 Å². The molecule has 0 spiro atoms. The van der Waals surface area contributed by atoms with E-state index in [4.69, 9.17) is 4.89 Å². The maximum Gasteiger partial charge on any atom is 0.196 e. The van der Waals surface area contributed by atoms with Crippen molar-refractivity contribution < 1.29 is 14.6 Å². The third kappa shape index (κ3) is 0.976. The van der Waals surface area contributed by atoms with E-state index in [1.165, 1.54) is 0 Å². The first kappa shape index (κ1) is 6.71. The molecule has 0 aromatic heterocycles. The Bertz CT molecular complexity index is 132. The molecule has 1 rings (SSSR count). The van der Waals surface area contributed by atoms with Crippen LogP contribution in [-0.4, -0.2) is 18.0 Å². The summed E-state index contributed by atoms with van der Waals surface area (Å²) in [7, 11) is 0. The van der Waals surface area contributed by atoms with Crippen LogP contribution in [-0.2, 0) is 14.6 Å². The molecule has 52 valence electrons. The summed E-state index contributed by atoms with van der Waals surface area (Å²) in [5.41, 5.74) is -0.667. The summed E-state index contributed by atoms with van der Waals surface area (Å²) in [5.74, 6) is 0.0324. The first-order chi connectivity index (χ1) is 4.19. The number of ketones is 1. The molecule has 0 aromatic rings. The van der Waals surface area contributed by atoms with E-state index in [-0.39, 0.29) is 12.4 Å². The summed E-state index contributed by atoms with van der Waals surface area (Å²) in [6.45, 7) is 3.74. The van der Waals surface area contributed by atoms with Crippen LogP contribution in [0.5, 0.6) is 0 Å². The standard InChI is InChI=1S/C6H10O3/c1-3-6(2)5(7)4-8-9-6/h3-4H2,1-2H3. The molecule has 1 aliphatic heterocycles. The van der Waals surface area contributed by atoms with Crippen LogP contribution in [0.1, 0.15) is 20.3 Å². The summed E-state index contributed by atoms with van der Waals surface area (Å²) in [6, 6.07) is 0. The smallest absolute Gasteiger partial charge is 0.196 e. The van der Waals surface area contributed by atoms with Gasteiger partial charge in [0.2, 0.25) is 0 Å². The molecule has 0 amide bonds. The zero-order valence-electron chi connectivity index (χ0n) is 5.64. The fourth-order valence-electron chi connectivity index (χ4n) is 0.668. The minimum absolute atomic E-state index is 0.0324. The van der Waals surface area contributed by atoms with Gasteiger partial charge in [-0.05, 0) is 13.3 Å². The number of hydrogen-bond acceptors (Lipinski definition) is 3. The Balaban J connectivity index is 2.67. The zero-order chi connectivity index (χ0) is 6.91. The van der Waals surface area contributed by atoms with Gasteiger partial charge in [-0.15, -0.1) is 0 Å². The highest BCUT2D eigenvalue weighted by atomic mass is 17.2. The van der Waals surface area contributed by atoms with Crippen molar-refractivity contribution in [1.29, 1.82) is 0 Å². The normalized spacial score (nSPS) is 35.6. The molecule has 0 radical (unpaired) electrons. The lowest BCUT2D eigenvalue weighted by molar-refractivity contribution is -0.303. The van der Waals surface area contributed by atoms with E-state index in [1.807, 2.05) is 6.92 Å². The van der Waals surface area contributed by atoms with Crippen molar-refractivity contribution in [3.05, 3.63) is 0 Å². The first-order valence-electron chi connectivity index (χ1n) is 3.03. The van der Waals surface area contributed by atoms with Crippen LogP contribution in [0.2, 0.25) is 0 Å². The molecule has 0 N–H and O–H groups in total. The second-order valence-corrected chi connectivity index (χ2v) is 2.35. The third-order valence-corrected chi connectivity index (χ3v) is 1.70. The van der Waals surface area contributed by atoms with Crippen molar-refractivity contribution in [1.82, 2.24) is 0 Å². The second-order valence-electron chi connectivity index (χ2n) is 2.35. The van der Waals surface area contributed by atoms with E-state index in [9.17, 15) is 4.79 Å². The molecule has 0 aromatic carbocycles. The quantitative estimate of drug-likeness (QED) is 0.490.